The Bertz CT molecular complexity index is 834. The molecule has 24 heavy (non-hydrogen) atoms. The average Bonchev–Trinajstić information content (AvgIpc) is 3.20. The molecular weight excluding hydrogens is 304 g/mol. The maximum absolute atomic E-state index is 13.0. The number of aryl methyl sites for hydroxylation is 1. The summed E-state index contributed by atoms with van der Waals surface area (Å²) in [5, 5.41) is 4.36. The van der Waals surface area contributed by atoms with Gasteiger partial charge in [-0.25, -0.2) is 9.97 Å². The van der Waals surface area contributed by atoms with E-state index in [9.17, 15) is 4.79 Å². The molecule has 3 aromatic heterocycles. The van der Waals surface area contributed by atoms with E-state index in [1.807, 2.05) is 41.2 Å². The number of imidazole rings is 1. The van der Waals surface area contributed by atoms with Gasteiger partial charge in [0.1, 0.15) is 5.69 Å². The number of likely N-dealkylation sites (tertiary alicyclic amines) is 1. The number of hydrogen-bond acceptors (Lipinski definition) is 4. The van der Waals surface area contributed by atoms with Crippen LogP contribution in [-0.2, 0) is 6.54 Å². The minimum absolute atomic E-state index is 0.0194. The monoisotopic (exact) mass is 324 g/mol. The van der Waals surface area contributed by atoms with Gasteiger partial charge in [0.05, 0.1) is 18.8 Å². The van der Waals surface area contributed by atoms with Crippen LogP contribution in [0.4, 0.5) is 0 Å². The summed E-state index contributed by atoms with van der Waals surface area (Å²) in [5.74, 6) is 0.534. The topological polar surface area (TPSA) is 68.3 Å². The third-order valence-corrected chi connectivity index (χ3v) is 4.50. The van der Waals surface area contributed by atoms with Gasteiger partial charge >= 0.3 is 0 Å². The first-order chi connectivity index (χ1) is 11.7. The maximum atomic E-state index is 13.0. The molecule has 1 amide bonds. The van der Waals surface area contributed by atoms with Crippen molar-refractivity contribution in [3.8, 4) is 0 Å². The molecule has 1 aliphatic rings. The summed E-state index contributed by atoms with van der Waals surface area (Å²) in [5.41, 5.74) is 1.59. The van der Waals surface area contributed by atoms with E-state index in [0.717, 1.165) is 37.9 Å². The highest BCUT2D eigenvalue weighted by Gasteiger charge is 2.29. The van der Waals surface area contributed by atoms with Gasteiger partial charge in [0.25, 0.3) is 5.91 Å². The Morgan fingerprint density at radius 1 is 1.33 bits per heavy atom. The van der Waals surface area contributed by atoms with Crippen molar-refractivity contribution >= 4 is 11.7 Å². The molecule has 0 spiro atoms. The molecule has 7 heteroatoms. The van der Waals surface area contributed by atoms with Crippen molar-refractivity contribution in [3.05, 3.63) is 48.3 Å². The van der Waals surface area contributed by atoms with Crippen molar-refractivity contribution < 1.29 is 4.79 Å². The highest BCUT2D eigenvalue weighted by molar-refractivity contribution is 5.93. The predicted octanol–water partition coefficient (Wildman–Crippen LogP) is 1.93. The summed E-state index contributed by atoms with van der Waals surface area (Å²) in [7, 11) is 0. The predicted molar refractivity (Wildman–Crippen MR) is 88.6 cm³/mol. The zero-order valence-corrected chi connectivity index (χ0v) is 13.7. The van der Waals surface area contributed by atoms with E-state index in [2.05, 4.69) is 15.1 Å². The van der Waals surface area contributed by atoms with Gasteiger partial charge in [0, 0.05) is 31.3 Å². The quantitative estimate of drug-likeness (QED) is 0.738. The summed E-state index contributed by atoms with van der Waals surface area (Å²) >= 11 is 0. The third-order valence-electron chi connectivity index (χ3n) is 4.50. The zero-order valence-electron chi connectivity index (χ0n) is 13.7. The van der Waals surface area contributed by atoms with Gasteiger partial charge in [0.2, 0.25) is 5.78 Å². The Labute approximate surface area is 139 Å². The largest absolute Gasteiger partial charge is 0.332 e. The van der Waals surface area contributed by atoms with Crippen molar-refractivity contribution in [2.24, 2.45) is 0 Å². The van der Waals surface area contributed by atoms with Crippen LogP contribution in [0.3, 0.4) is 0 Å². The normalized spacial score (nSPS) is 18.2. The summed E-state index contributed by atoms with van der Waals surface area (Å²) in [6.45, 7) is 3.52. The van der Waals surface area contributed by atoms with Crippen molar-refractivity contribution in [2.45, 2.75) is 38.8 Å². The standard InChI is InChI=1S/C17H20N6O/c1-13-9-19-22(10-13)11-14-5-2-3-8-23(14)16(24)15-12-21-7-4-6-18-17(21)20-15/h4,6-7,9-10,12,14H,2-3,5,8,11H2,1H3/t14-/m1/s1. The fourth-order valence-corrected chi connectivity index (χ4v) is 3.32. The lowest BCUT2D eigenvalue weighted by atomic mass is 10.0. The molecule has 1 aliphatic heterocycles. The van der Waals surface area contributed by atoms with Gasteiger partial charge in [-0.3, -0.25) is 13.9 Å². The number of aromatic nitrogens is 5. The van der Waals surface area contributed by atoms with Crippen LogP contribution in [-0.4, -0.2) is 47.5 Å². The molecule has 4 heterocycles. The second kappa shape index (κ2) is 6.07. The number of carbonyl (C=O) groups excluding carboxylic acids is 1. The van der Waals surface area contributed by atoms with Crippen LogP contribution in [0, 0.1) is 6.92 Å². The average molecular weight is 324 g/mol. The van der Waals surface area contributed by atoms with Gasteiger partial charge in [-0.1, -0.05) is 0 Å². The number of fused-ring (bicyclic) bond motifs is 1. The van der Waals surface area contributed by atoms with E-state index in [0.29, 0.717) is 11.5 Å². The minimum Gasteiger partial charge on any atom is -0.332 e. The first-order valence-electron chi connectivity index (χ1n) is 8.30. The Morgan fingerprint density at radius 2 is 2.25 bits per heavy atom. The smallest absolute Gasteiger partial charge is 0.274 e. The van der Waals surface area contributed by atoms with Gasteiger partial charge in [-0.2, -0.15) is 5.10 Å². The molecular formula is C17H20N6O. The lowest BCUT2D eigenvalue weighted by Gasteiger charge is -2.35. The van der Waals surface area contributed by atoms with E-state index in [4.69, 9.17) is 0 Å². The second-order valence-corrected chi connectivity index (χ2v) is 6.34. The van der Waals surface area contributed by atoms with E-state index < -0.39 is 0 Å². The molecule has 1 saturated heterocycles. The molecule has 0 unspecified atom stereocenters. The van der Waals surface area contributed by atoms with E-state index >= 15 is 0 Å². The maximum Gasteiger partial charge on any atom is 0.274 e. The number of piperidine rings is 1. The Hall–Kier alpha value is -2.70. The van der Waals surface area contributed by atoms with Gasteiger partial charge in [-0.05, 0) is 37.8 Å². The minimum atomic E-state index is -0.0194. The van der Waals surface area contributed by atoms with Crippen LogP contribution in [0.1, 0.15) is 35.3 Å². The Balaban J connectivity index is 1.58. The molecule has 1 fully saturated rings. The van der Waals surface area contributed by atoms with Crippen LogP contribution >= 0.6 is 0 Å². The summed E-state index contributed by atoms with van der Waals surface area (Å²) in [6.07, 6.45) is 12.3. The fourth-order valence-electron chi connectivity index (χ4n) is 3.32. The second-order valence-electron chi connectivity index (χ2n) is 6.34. The number of nitrogens with zero attached hydrogens (tertiary/aromatic N) is 6. The zero-order chi connectivity index (χ0) is 16.5. The van der Waals surface area contributed by atoms with Crippen molar-refractivity contribution in [2.75, 3.05) is 6.54 Å². The first-order valence-corrected chi connectivity index (χ1v) is 8.30. The number of carbonyl (C=O) groups is 1. The molecule has 3 aromatic rings. The van der Waals surface area contributed by atoms with Crippen LogP contribution in [0.5, 0.6) is 0 Å². The van der Waals surface area contributed by atoms with Crippen LogP contribution in [0.25, 0.3) is 5.78 Å². The van der Waals surface area contributed by atoms with E-state index in [1.165, 1.54) is 0 Å². The molecule has 124 valence electrons. The van der Waals surface area contributed by atoms with Gasteiger partial charge in [-0.15, -0.1) is 0 Å². The molecule has 0 aliphatic carbocycles. The number of amides is 1. The molecule has 0 saturated carbocycles. The van der Waals surface area contributed by atoms with E-state index in [-0.39, 0.29) is 11.9 Å². The van der Waals surface area contributed by atoms with Crippen LogP contribution in [0.15, 0.2) is 37.1 Å². The first kappa shape index (κ1) is 14.9. The SMILES string of the molecule is Cc1cnn(C[C@H]2CCCCN2C(=O)c2cn3cccnc3n2)c1. The molecule has 4 rings (SSSR count). The molecule has 0 aromatic carbocycles. The van der Waals surface area contributed by atoms with Gasteiger partial charge < -0.3 is 4.90 Å². The lowest BCUT2D eigenvalue weighted by molar-refractivity contribution is 0.0578. The van der Waals surface area contributed by atoms with Crippen LogP contribution in [0.2, 0.25) is 0 Å². The summed E-state index contributed by atoms with van der Waals surface area (Å²) < 4.78 is 3.71. The van der Waals surface area contributed by atoms with Crippen LogP contribution < -0.4 is 0 Å². The highest BCUT2D eigenvalue weighted by atomic mass is 16.2. The third kappa shape index (κ3) is 2.77. The molecule has 1 atom stereocenters. The van der Waals surface area contributed by atoms with Crippen molar-refractivity contribution in [1.82, 2.24) is 29.0 Å². The number of hydrogen-bond donors (Lipinski definition) is 0. The van der Waals surface area contributed by atoms with Gasteiger partial charge in [0.15, 0.2) is 0 Å². The van der Waals surface area contributed by atoms with E-state index in [1.54, 1.807) is 16.8 Å². The molecule has 0 N–H and O–H groups in total. The fraction of sp³-hybridized carbons (Fsp3) is 0.412. The molecule has 7 nitrogen and oxygen atoms in total. The lowest BCUT2D eigenvalue weighted by Crippen LogP contribution is -2.46. The summed E-state index contributed by atoms with van der Waals surface area (Å²) in [4.78, 5) is 23.5. The van der Waals surface area contributed by atoms with Crippen molar-refractivity contribution in [3.63, 3.8) is 0 Å². The number of rotatable bonds is 3. The highest BCUT2D eigenvalue weighted by Crippen LogP contribution is 2.21. The molecule has 0 bridgehead atoms. The Morgan fingerprint density at radius 3 is 3.04 bits per heavy atom. The van der Waals surface area contributed by atoms with Crippen molar-refractivity contribution in [1.29, 1.82) is 0 Å². The molecule has 0 radical (unpaired) electrons. The Kier molecular flexibility index (Phi) is 3.76. The summed E-state index contributed by atoms with van der Waals surface area (Å²) in [6, 6.07) is 1.98.